The van der Waals surface area contributed by atoms with Crippen molar-refractivity contribution in [3.8, 4) is 5.75 Å². The summed E-state index contributed by atoms with van der Waals surface area (Å²) >= 11 is 0. The Hall–Kier alpha value is -2.82. The summed E-state index contributed by atoms with van der Waals surface area (Å²) in [7, 11) is 1.58. The molecule has 0 aliphatic rings. The topological polar surface area (TPSA) is 64.4 Å². The van der Waals surface area contributed by atoms with Gasteiger partial charge in [-0.3, -0.25) is 9.78 Å². The fourth-order valence-electron chi connectivity index (χ4n) is 2.27. The molecule has 1 aromatic carbocycles. The first kappa shape index (κ1) is 14.1. The second kappa shape index (κ2) is 6.30. The van der Waals surface area contributed by atoms with Crippen LogP contribution in [0.25, 0.3) is 11.0 Å². The number of rotatable bonds is 5. The molecular weight excluding hydrogens is 280 g/mol. The molecule has 0 spiro atoms. The summed E-state index contributed by atoms with van der Waals surface area (Å²) in [6.45, 7) is 0.539. The SMILES string of the molecule is COc1cccc2cc(C(=O)NCCc3ccncc3)oc12. The lowest BCUT2D eigenvalue weighted by Crippen LogP contribution is -2.25. The van der Waals surface area contributed by atoms with Crippen LogP contribution in [0.2, 0.25) is 0 Å². The van der Waals surface area contributed by atoms with Crippen LogP contribution in [0, 0.1) is 0 Å². The number of hydrogen-bond acceptors (Lipinski definition) is 4. The van der Waals surface area contributed by atoms with Gasteiger partial charge < -0.3 is 14.5 Å². The first-order chi connectivity index (χ1) is 10.8. The molecule has 0 radical (unpaired) electrons. The van der Waals surface area contributed by atoms with Crippen LogP contribution >= 0.6 is 0 Å². The van der Waals surface area contributed by atoms with Crippen molar-refractivity contribution in [1.82, 2.24) is 10.3 Å². The van der Waals surface area contributed by atoms with E-state index in [4.69, 9.17) is 9.15 Å². The quantitative estimate of drug-likeness (QED) is 0.786. The standard InChI is InChI=1S/C17H16N2O3/c1-21-14-4-2-3-13-11-15(22-16(13)14)17(20)19-10-7-12-5-8-18-9-6-12/h2-6,8-9,11H,7,10H2,1H3,(H,19,20). The van der Waals surface area contributed by atoms with Crippen LogP contribution in [0.4, 0.5) is 0 Å². The highest BCUT2D eigenvalue weighted by atomic mass is 16.5. The van der Waals surface area contributed by atoms with Crippen molar-refractivity contribution < 1.29 is 13.9 Å². The first-order valence-electron chi connectivity index (χ1n) is 7.01. The molecular formula is C17H16N2O3. The molecule has 2 heterocycles. The largest absolute Gasteiger partial charge is 0.493 e. The van der Waals surface area contributed by atoms with Crippen LogP contribution in [0.3, 0.4) is 0 Å². The lowest BCUT2D eigenvalue weighted by molar-refractivity contribution is 0.0928. The zero-order valence-electron chi connectivity index (χ0n) is 12.2. The number of aromatic nitrogens is 1. The van der Waals surface area contributed by atoms with E-state index >= 15 is 0 Å². The second-order valence-corrected chi connectivity index (χ2v) is 4.85. The van der Waals surface area contributed by atoms with Gasteiger partial charge in [-0.05, 0) is 36.2 Å². The summed E-state index contributed by atoms with van der Waals surface area (Å²) in [6, 6.07) is 11.1. The van der Waals surface area contributed by atoms with Crippen LogP contribution in [0.5, 0.6) is 5.75 Å². The number of carbonyl (C=O) groups is 1. The summed E-state index contributed by atoms with van der Waals surface area (Å²) in [4.78, 5) is 16.1. The summed E-state index contributed by atoms with van der Waals surface area (Å²) in [6.07, 6.45) is 4.23. The molecule has 0 atom stereocenters. The van der Waals surface area contributed by atoms with Gasteiger partial charge in [0, 0.05) is 24.3 Å². The van der Waals surface area contributed by atoms with E-state index in [1.54, 1.807) is 31.6 Å². The lowest BCUT2D eigenvalue weighted by atomic mass is 10.2. The molecule has 1 N–H and O–H groups in total. The van der Waals surface area contributed by atoms with Crippen LogP contribution in [-0.2, 0) is 6.42 Å². The maximum Gasteiger partial charge on any atom is 0.287 e. The van der Waals surface area contributed by atoms with Crippen LogP contribution < -0.4 is 10.1 Å². The van der Waals surface area contributed by atoms with Gasteiger partial charge in [0.05, 0.1) is 7.11 Å². The third-order valence-corrected chi connectivity index (χ3v) is 3.40. The van der Waals surface area contributed by atoms with Gasteiger partial charge >= 0.3 is 0 Å². The predicted molar refractivity (Wildman–Crippen MR) is 83.0 cm³/mol. The number of nitrogens with zero attached hydrogens (tertiary/aromatic N) is 1. The van der Waals surface area contributed by atoms with E-state index in [1.807, 2.05) is 24.3 Å². The molecule has 0 bridgehead atoms. The van der Waals surface area contributed by atoms with Gasteiger partial charge in [-0.2, -0.15) is 0 Å². The Kier molecular flexibility index (Phi) is 4.05. The average molecular weight is 296 g/mol. The highest BCUT2D eigenvalue weighted by Gasteiger charge is 2.14. The van der Waals surface area contributed by atoms with Crippen molar-refractivity contribution in [2.45, 2.75) is 6.42 Å². The number of carbonyl (C=O) groups excluding carboxylic acids is 1. The first-order valence-corrected chi connectivity index (χ1v) is 7.01. The van der Waals surface area contributed by atoms with Crippen molar-refractivity contribution >= 4 is 16.9 Å². The predicted octanol–water partition coefficient (Wildman–Crippen LogP) is 2.81. The molecule has 5 nitrogen and oxygen atoms in total. The number of ether oxygens (including phenoxy) is 1. The van der Waals surface area contributed by atoms with E-state index in [9.17, 15) is 4.79 Å². The number of fused-ring (bicyclic) bond motifs is 1. The van der Waals surface area contributed by atoms with E-state index in [2.05, 4.69) is 10.3 Å². The van der Waals surface area contributed by atoms with Gasteiger partial charge in [-0.15, -0.1) is 0 Å². The molecule has 3 aromatic rings. The molecule has 5 heteroatoms. The Morgan fingerprint density at radius 1 is 1.27 bits per heavy atom. The Balaban J connectivity index is 1.67. The monoisotopic (exact) mass is 296 g/mol. The van der Waals surface area contributed by atoms with E-state index in [0.717, 1.165) is 17.4 Å². The minimum atomic E-state index is -0.229. The number of benzene rings is 1. The maximum absolute atomic E-state index is 12.1. The Bertz CT molecular complexity index is 781. The lowest BCUT2D eigenvalue weighted by Gasteiger charge is -2.03. The van der Waals surface area contributed by atoms with Crippen molar-refractivity contribution in [3.63, 3.8) is 0 Å². The van der Waals surface area contributed by atoms with Gasteiger partial charge in [0.25, 0.3) is 5.91 Å². The summed E-state index contributed by atoms with van der Waals surface area (Å²) in [5.41, 5.74) is 1.71. The summed E-state index contributed by atoms with van der Waals surface area (Å²) in [5.74, 6) is 0.676. The molecule has 22 heavy (non-hydrogen) atoms. The van der Waals surface area contributed by atoms with Crippen LogP contribution in [-0.4, -0.2) is 24.5 Å². The van der Waals surface area contributed by atoms with Crippen LogP contribution in [0.15, 0.2) is 53.2 Å². The van der Waals surface area contributed by atoms with Crippen molar-refractivity contribution in [2.75, 3.05) is 13.7 Å². The fourth-order valence-corrected chi connectivity index (χ4v) is 2.27. The minimum Gasteiger partial charge on any atom is -0.493 e. The minimum absolute atomic E-state index is 0.229. The third-order valence-electron chi connectivity index (χ3n) is 3.40. The van der Waals surface area contributed by atoms with E-state index in [-0.39, 0.29) is 11.7 Å². The van der Waals surface area contributed by atoms with Gasteiger partial charge in [-0.25, -0.2) is 0 Å². The van der Waals surface area contributed by atoms with Gasteiger partial charge in [0.2, 0.25) is 0 Å². The normalized spacial score (nSPS) is 10.6. The second-order valence-electron chi connectivity index (χ2n) is 4.85. The maximum atomic E-state index is 12.1. The number of hydrogen-bond donors (Lipinski definition) is 1. The molecule has 0 saturated heterocycles. The summed E-state index contributed by atoms with van der Waals surface area (Å²) in [5, 5.41) is 3.70. The van der Waals surface area contributed by atoms with E-state index in [1.165, 1.54) is 0 Å². The molecule has 1 amide bonds. The Morgan fingerprint density at radius 2 is 2.09 bits per heavy atom. The zero-order valence-corrected chi connectivity index (χ0v) is 12.2. The fraction of sp³-hybridized carbons (Fsp3) is 0.176. The highest BCUT2D eigenvalue weighted by molar-refractivity contribution is 5.97. The van der Waals surface area contributed by atoms with E-state index in [0.29, 0.717) is 17.9 Å². The summed E-state index contributed by atoms with van der Waals surface area (Å²) < 4.78 is 10.8. The number of amides is 1. The molecule has 0 aliphatic heterocycles. The van der Waals surface area contributed by atoms with Gasteiger partial charge in [0.1, 0.15) is 0 Å². The van der Waals surface area contributed by atoms with Gasteiger partial charge in [0.15, 0.2) is 17.1 Å². The number of nitrogens with one attached hydrogen (secondary N) is 1. The average Bonchev–Trinajstić information content (AvgIpc) is 3.00. The Morgan fingerprint density at radius 3 is 2.86 bits per heavy atom. The molecule has 2 aromatic heterocycles. The third kappa shape index (κ3) is 2.93. The van der Waals surface area contributed by atoms with Crippen molar-refractivity contribution in [2.24, 2.45) is 0 Å². The van der Waals surface area contributed by atoms with Gasteiger partial charge in [-0.1, -0.05) is 12.1 Å². The smallest absolute Gasteiger partial charge is 0.287 e. The number of furan rings is 1. The molecule has 3 rings (SSSR count). The number of pyridine rings is 1. The molecule has 0 fully saturated rings. The highest BCUT2D eigenvalue weighted by Crippen LogP contribution is 2.28. The Labute approximate surface area is 127 Å². The molecule has 0 aliphatic carbocycles. The van der Waals surface area contributed by atoms with E-state index < -0.39 is 0 Å². The molecule has 0 saturated carbocycles. The van der Waals surface area contributed by atoms with Crippen molar-refractivity contribution in [3.05, 3.63) is 60.1 Å². The molecule has 0 unspecified atom stereocenters. The zero-order chi connectivity index (χ0) is 15.4. The molecule has 112 valence electrons. The van der Waals surface area contributed by atoms with Crippen LogP contribution in [0.1, 0.15) is 16.1 Å². The number of para-hydroxylation sites is 1. The van der Waals surface area contributed by atoms with Crippen molar-refractivity contribution in [1.29, 1.82) is 0 Å². The number of methoxy groups -OCH3 is 1.